The Morgan fingerprint density at radius 2 is 2.15 bits per heavy atom. The predicted octanol–water partition coefficient (Wildman–Crippen LogP) is 1.97. The van der Waals surface area contributed by atoms with Crippen molar-refractivity contribution < 1.29 is 5.11 Å². The van der Waals surface area contributed by atoms with Crippen molar-refractivity contribution in [3.63, 3.8) is 0 Å². The highest BCUT2D eigenvalue weighted by molar-refractivity contribution is 5.48. The van der Waals surface area contributed by atoms with Crippen molar-refractivity contribution >= 4 is 6.08 Å². The fourth-order valence-electron chi connectivity index (χ4n) is 2.60. The topological polar surface area (TPSA) is 52.2 Å². The second kappa shape index (κ2) is 6.03. The lowest BCUT2D eigenvalue weighted by molar-refractivity contribution is 0.260. The van der Waals surface area contributed by atoms with Crippen LogP contribution in [0, 0.1) is 0 Å². The van der Waals surface area contributed by atoms with Gasteiger partial charge in [-0.1, -0.05) is 42.5 Å². The lowest BCUT2D eigenvalue weighted by atomic mass is 10.1. The van der Waals surface area contributed by atoms with Crippen LogP contribution in [0.15, 0.2) is 36.4 Å². The molecular formula is C16H19N3O. The van der Waals surface area contributed by atoms with Crippen LogP contribution in [0.1, 0.15) is 22.5 Å². The summed E-state index contributed by atoms with van der Waals surface area (Å²) >= 11 is 0. The molecule has 3 rings (SSSR count). The molecule has 0 unspecified atom stereocenters. The minimum absolute atomic E-state index is 0.0134. The van der Waals surface area contributed by atoms with Crippen LogP contribution in [0.25, 0.3) is 6.08 Å². The lowest BCUT2D eigenvalue weighted by Crippen LogP contribution is -2.30. The second-order valence-corrected chi connectivity index (χ2v) is 5.08. The summed E-state index contributed by atoms with van der Waals surface area (Å²) in [5.41, 5.74) is 4.37. The van der Waals surface area contributed by atoms with E-state index in [1.54, 1.807) is 0 Å². The van der Waals surface area contributed by atoms with Gasteiger partial charge in [0.05, 0.1) is 12.3 Å². The van der Waals surface area contributed by atoms with Gasteiger partial charge in [-0.05, 0) is 5.56 Å². The first-order valence-corrected chi connectivity index (χ1v) is 6.96. The highest BCUT2D eigenvalue weighted by Crippen LogP contribution is 2.20. The summed E-state index contributed by atoms with van der Waals surface area (Å²) in [6, 6.07) is 10.3. The fourth-order valence-corrected chi connectivity index (χ4v) is 2.60. The minimum Gasteiger partial charge on any atom is -0.390 e. The maximum atomic E-state index is 9.28. The third kappa shape index (κ3) is 2.81. The van der Waals surface area contributed by atoms with Gasteiger partial charge >= 0.3 is 0 Å². The first kappa shape index (κ1) is 13.1. The Hall–Kier alpha value is -1.91. The van der Waals surface area contributed by atoms with Crippen molar-refractivity contribution in [2.45, 2.75) is 19.6 Å². The standard InChI is InChI=1S/C16H19N3O/c20-12-16-14-11-19(10-8-15(14)17-18-16)9-4-7-13-5-2-1-3-6-13/h1-7,20H,8-12H2,(H,17,18)/b7-4+. The molecule has 2 heterocycles. The number of benzene rings is 1. The minimum atomic E-state index is 0.0134. The SMILES string of the molecule is OCc1n[nH]c2c1CN(C/C=C/c1ccccc1)CC2. The van der Waals surface area contributed by atoms with Gasteiger partial charge in [0.25, 0.3) is 0 Å². The van der Waals surface area contributed by atoms with Crippen molar-refractivity contribution in [3.05, 3.63) is 58.9 Å². The van der Waals surface area contributed by atoms with Crippen LogP contribution in [0.3, 0.4) is 0 Å². The number of aromatic amines is 1. The maximum Gasteiger partial charge on any atom is 0.0924 e. The van der Waals surface area contributed by atoms with E-state index in [0.717, 1.165) is 31.7 Å². The number of aromatic nitrogens is 2. The quantitative estimate of drug-likeness (QED) is 0.892. The maximum absolute atomic E-state index is 9.28. The number of aliphatic hydroxyl groups excluding tert-OH is 1. The highest BCUT2D eigenvalue weighted by atomic mass is 16.3. The van der Waals surface area contributed by atoms with E-state index < -0.39 is 0 Å². The molecule has 1 aliphatic rings. The number of nitrogens with one attached hydrogen (secondary N) is 1. The van der Waals surface area contributed by atoms with Crippen LogP contribution in [-0.4, -0.2) is 33.3 Å². The molecule has 0 amide bonds. The third-order valence-electron chi connectivity index (χ3n) is 3.72. The second-order valence-electron chi connectivity index (χ2n) is 5.08. The van der Waals surface area contributed by atoms with E-state index in [0.29, 0.717) is 0 Å². The van der Waals surface area contributed by atoms with Gasteiger partial charge in [-0.25, -0.2) is 0 Å². The molecule has 104 valence electrons. The van der Waals surface area contributed by atoms with E-state index in [1.165, 1.54) is 16.8 Å². The van der Waals surface area contributed by atoms with Crippen molar-refractivity contribution in [1.82, 2.24) is 15.1 Å². The molecule has 0 aliphatic carbocycles. The summed E-state index contributed by atoms with van der Waals surface area (Å²) in [5, 5.41) is 16.5. The van der Waals surface area contributed by atoms with E-state index in [-0.39, 0.29) is 6.61 Å². The van der Waals surface area contributed by atoms with E-state index in [4.69, 9.17) is 0 Å². The Balaban J connectivity index is 1.61. The van der Waals surface area contributed by atoms with Gasteiger partial charge in [0.2, 0.25) is 0 Å². The molecule has 2 aromatic rings. The Labute approximate surface area is 118 Å². The fraction of sp³-hybridized carbons (Fsp3) is 0.312. The van der Waals surface area contributed by atoms with Gasteiger partial charge in [-0.2, -0.15) is 5.10 Å². The summed E-state index contributed by atoms with van der Waals surface area (Å²) in [6.45, 7) is 2.82. The molecule has 1 aliphatic heterocycles. The normalized spacial score (nSPS) is 15.7. The average molecular weight is 269 g/mol. The van der Waals surface area contributed by atoms with Gasteiger partial charge in [-0.15, -0.1) is 0 Å². The molecule has 20 heavy (non-hydrogen) atoms. The smallest absolute Gasteiger partial charge is 0.0924 e. The molecule has 0 atom stereocenters. The number of H-pyrrole nitrogens is 1. The molecule has 4 nitrogen and oxygen atoms in total. The zero-order valence-corrected chi connectivity index (χ0v) is 11.4. The number of hydrogen-bond donors (Lipinski definition) is 2. The Kier molecular flexibility index (Phi) is 3.95. The lowest BCUT2D eigenvalue weighted by Gasteiger charge is -2.25. The molecule has 0 fully saturated rings. The summed E-state index contributed by atoms with van der Waals surface area (Å²) in [4.78, 5) is 2.37. The molecule has 0 spiro atoms. The predicted molar refractivity (Wildman–Crippen MR) is 79.0 cm³/mol. The molecule has 0 radical (unpaired) electrons. The van der Waals surface area contributed by atoms with Crippen LogP contribution >= 0.6 is 0 Å². The largest absolute Gasteiger partial charge is 0.390 e. The summed E-state index contributed by atoms with van der Waals surface area (Å²) in [5.74, 6) is 0. The number of aliphatic hydroxyl groups is 1. The summed E-state index contributed by atoms with van der Waals surface area (Å²) < 4.78 is 0. The van der Waals surface area contributed by atoms with Gasteiger partial charge < -0.3 is 5.11 Å². The number of hydrogen-bond acceptors (Lipinski definition) is 3. The Morgan fingerprint density at radius 1 is 1.30 bits per heavy atom. The number of nitrogens with zero attached hydrogens (tertiary/aromatic N) is 2. The zero-order chi connectivity index (χ0) is 13.8. The molecule has 1 aromatic heterocycles. The molecule has 0 saturated heterocycles. The zero-order valence-electron chi connectivity index (χ0n) is 11.4. The van der Waals surface area contributed by atoms with E-state index >= 15 is 0 Å². The van der Waals surface area contributed by atoms with Crippen molar-refractivity contribution in [3.8, 4) is 0 Å². The van der Waals surface area contributed by atoms with Crippen LogP contribution in [-0.2, 0) is 19.6 Å². The monoisotopic (exact) mass is 269 g/mol. The first-order chi connectivity index (χ1) is 9.86. The highest BCUT2D eigenvalue weighted by Gasteiger charge is 2.20. The molecule has 1 aromatic carbocycles. The van der Waals surface area contributed by atoms with Crippen molar-refractivity contribution in [2.75, 3.05) is 13.1 Å². The third-order valence-corrected chi connectivity index (χ3v) is 3.72. The van der Waals surface area contributed by atoms with Crippen LogP contribution < -0.4 is 0 Å². The van der Waals surface area contributed by atoms with Gasteiger partial charge in [0, 0.05) is 37.3 Å². The summed E-state index contributed by atoms with van der Waals surface area (Å²) in [7, 11) is 0. The van der Waals surface area contributed by atoms with Crippen LogP contribution in [0.5, 0.6) is 0 Å². The average Bonchev–Trinajstić information content (AvgIpc) is 2.91. The Morgan fingerprint density at radius 3 is 2.95 bits per heavy atom. The van der Waals surface area contributed by atoms with Crippen LogP contribution in [0.4, 0.5) is 0 Å². The van der Waals surface area contributed by atoms with Gasteiger partial charge in [0.15, 0.2) is 0 Å². The number of rotatable bonds is 4. The molecular weight excluding hydrogens is 250 g/mol. The summed E-state index contributed by atoms with van der Waals surface area (Å²) in [6.07, 6.45) is 5.32. The number of fused-ring (bicyclic) bond motifs is 1. The first-order valence-electron chi connectivity index (χ1n) is 6.96. The van der Waals surface area contributed by atoms with Gasteiger partial charge in [0.1, 0.15) is 0 Å². The van der Waals surface area contributed by atoms with Gasteiger partial charge in [-0.3, -0.25) is 10.00 Å². The molecule has 0 bridgehead atoms. The van der Waals surface area contributed by atoms with Crippen molar-refractivity contribution in [1.29, 1.82) is 0 Å². The van der Waals surface area contributed by atoms with Crippen molar-refractivity contribution in [2.24, 2.45) is 0 Å². The molecule has 4 heteroatoms. The van der Waals surface area contributed by atoms with Crippen LogP contribution in [0.2, 0.25) is 0 Å². The molecule has 0 saturated carbocycles. The van der Waals surface area contributed by atoms with E-state index in [2.05, 4.69) is 39.4 Å². The Bertz CT molecular complexity index is 576. The molecule has 2 N–H and O–H groups in total. The van der Waals surface area contributed by atoms with E-state index in [1.807, 2.05) is 18.2 Å². The van der Waals surface area contributed by atoms with E-state index in [9.17, 15) is 5.11 Å².